The fourth-order valence-electron chi connectivity index (χ4n) is 2.67. The van der Waals surface area contributed by atoms with Crippen molar-refractivity contribution in [2.75, 3.05) is 5.32 Å². The number of aryl methyl sites for hydroxylation is 2. The number of nitrogens with one attached hydrogen (secondary N) is 1. The van der Waals surface area contributed by atoms with Crippen LogP contribution in [0.25, 0.3) is 11.4 Å². The molecule has 29 heavy (non-hydrogen) atoms. The molecule has 10 heteroatoms. The van der Waals surface area contributed by atoms with E-state index < -0.39 is 0 Å². The molecular weight excluding hydrogens is 386 g/mol. The Balaban J connectivity index is 1.51. The van der Waals surface area contributed by atoms with Crippen LogP contribution in [0.3, 0.4) is 0 Å². The first-order chi connectivity index (χ1) is 14.1. The number of hydrogen-bond donors (Lipinski definition) is 2. The van der Waals surface area contributed by atoms with Gasteiger partial charge in [0, 0.05) is 31.3 Å². The van der Waals surface area contributed by atoms with Crippen LogP contribution in [0.15, 0.2) is 53.5 Å². The summed E-state index contributed by atoms with van der Waals surface area (Å²) in [5, 5.41) is 7.26. The Bertz CT molecular complexity index is 1150. The molecule has 0 aliphatic rings. The topological polar surface area (TPSA) is 120 Å². The van der Waals surface area contributed by atoms with Gasteiger partial charge in [-0.05, 0) is 24.6 Å². The van der Waals surface area contributed by atoms with Gasteiger partial charge in [-0.25, -0.2) is 9.97 Å². The molecule has 4 aromatic rings. The predicted molar refractivity (Wildman–Crippen MR) is 113 cm³/mol. The normalized spacial score (nSPS) is 11.6. The van der Waals surface area contributed by atoms with Crippen molar-refractivity contribution in [1.29, 1.82) is 0 Å². The fraction of sp³-hybridized carbons (Fsp3) is 0.158. The lowest BCUT2D eigenvalue weighted by Gasteiger charge is -2.08. The van der Waals surface area contributed by atoms with E-state index in [4.69, 9.17) is 5.73 Å². The zero-order chi connectivity index (χ0) is 20.2. The molecule has 0 fully saturated rings. The number of aliphatic imine (C=N–C) groups is 1. The first kappa shape index (κ1) is 18.7. The Morgan fingerprint density at radius 2 is 2.07 bits per heavy atom. The third-order valence-electron chi connectivity index (χ3n) is 4.18. The van der Waals surface area contributed by atoms with E-state index in [1.54, 1.807) is 28.8 Å². The van der Waals surface area contributed by atoms with Crippen LogP contribution in [0.4, 0.5) is 11.6 Å². The molecular formula is C19H19N9S. The molecule has 0 saturated heterocycles. The van der Waals surface area contributed by atoms with Crippen LogP contribution >= 0.6 is 11.3 Å². The van der Waals surface area contributed by atoms with E-state index in [9.17, 15) is 0 Å². The van der Waals surface area contributed by atoms with Crippen molar-refractivity contribution in [3.8, 4) is 11.4 Å². The molecule has 4 aromatic heterocycles. The van der Waals surface area contributed by atoms with Gasteiger partial charge >= 0.3 is 0 Å². The molecule has 0 saturated carbocycles. The van der Waals surface area contributed by atoms with Gasteiger partial charge in [-0.1, -0.05) is 6.07 Å². The largest absolute Gasteiger partial charge is 0.383 e. The van der Waals surface area contributed by atoms with Gasteiger partial charge in [0.15, 0.2) is 0 Å². The second-order valence-electron chi connectivity index (χ2n) is 6.30. The van der Waals surface area contributed by atoms with E-state index in [0.717, 1.165) is 33.2 Å². The van der Waals surface area contributed by atoms with Gasteiger partial charge in [0.25, 0.3) is 0 Å². The number of thiazole rings is 1. The molecule has 0 atom stereocenters. The summed E-state index contributed by atoms with van der Waals surface area (Å²) in [6, 6.07) is 5.75. The zero-order valence-electron chi connectivity index (χ0n) is 15.9. The van der Waals surface area contributed by atoms with Crippen LogP contribution in [-0.4, -0.2) is 35.6 Å². The summed E-state index contributed by atoms with van der Waals surface area (Å²) < 4.78 is 1.71. The molecule has 9 nitrogen and oxygen atoms in total. The third kappa shape index (κ3) is 4.43. The molecule has 4 heterocycles. The average Bonchev–Trinajstić information content (AvgIpc) is 3.39. The third-order valence-corrected chi connectivity index (χ3v) is 4.97. The summed E-state index contributed by atoms with van der Waals surface area (Å²) in [7, 11) is 1.85. The van der Waals surface area contributed by atoms with Crippen LogP contribution in [0.2, 0.25) is 0 Å². The number of nitrogens with two attached hydrogens (primary N) is 1. The monoisotopic (exact) mass is 405 g/mol. The van der Waals surface area contributed by atoms with Gasteiger partial charge in [0.2, 0.25) is 5.95 Å². The summed E-state index contributed by atoms with van der Waals surface area (Å²) in [6.07, 6.45) is 6.98. The highest BCUT2D eigenvalue weighted by Gasteiger charge is 2.08. The summed E-state index contributed by atoms with van der Waals surface area (Å²) in [5.74, 6) is 0.971. The lowest BCUT2D eigenvalue weighted by atomic mass is 10.1. The highest BCUT2D eigenvalue weighted by Crippen LogP contribution is 2.20. The Labute approximate surface area is 171 Å². The van der Waals surface area contributed by atoms with Crippen molar-refractivity contribution in [3.05, 3.63) is 64.6 Å². The van der Waals surface area contributed by atoms with Crippen LogP contribution < -0.4 is 11.1 Å². The van der Waals surface area contributed by atoms with Gasteiger partial charge in [0.1, 0.15) is 5.84 Å². The molecule has 4 rings (SSSR count). The van der Waals surface area contributed by atoms with E-state index in [1.165, 1.54) is 11.3 Å². The first-order valence-corrected chi connectivity index (χ1v) is 9.71. The Hall–Kier alpha value is -3.66. The van der Waals surface area contributed by atoms with E-state index in [1.807, 2.05) is 38.4 Å². The fourth-order valence-corrected chi connectivity index (χ4v) is 3.21. The van der Waals surface area contributed by atoms with Gasteiger partial charge in [0.05, 0.1) is 40.2 Å². The van der Waals surface area contributed by atoms with Crippen molar-refractivity contribution >= 4 is 28.8 Å². The van der Waals surface area contributed by atoms with E-state index in [-0.39, 0.29) is 0 Å². The maximum atomic E-state index is 6.01. The van der Waals surface area contributed by atoms with Gasteiger partial charge < -0.3 is 11.1 Å². The highest BCUT2D eigenvalue weighted by atomic mass is 32.1. The minimum Gasteiger partial charge on any atom is -0.383 e. The van der Waals surface area contributed by atoms with E-state index in [2.05, 4.69) is 35.3 Å². The van der Waals surface area contributed by atoms with Crippen LogP contribution in [0.1, 0.15) is 16.1 Å². The average molecular weight is 405 g/mol. The summed E-state index contributed by atoms with van der Waals surface area (Å²) in [4.78, 5) is 22.8. The zero-order valence-corrected chi connectivity index (χ0v) is 16.8. The number of nitrogens with zero attached hydrogens (tertiary/aromatic N) is 7. The lowest BCUT2D eigenvalue weighted by Crippen LogP contribution is -2.12. The van der Waals surface area contributed by atoms with Gasteiger partial charge in [-0.15, -0.1) is 11.3 Å². The van der Waals surface area contributed by atoms with Crippen molar-refractivity contribution in [3.63, 3.8) is 0 Å². The molecule has 0 spiro atoms. The van der Waals surface area contributed by atoms with Crippen molar-refractivity contribution < 1.29 is 0 Å². The Morgan fingerprint density at radius 1 is 1.21 bits per heavy atom. The molecule has 0 amide bonds. The maximum absolute atomic E-state index is 6.01. The highest BCUT2D eigenvalue weighted by molar-refractivity contribution is 7.11. The summed E-state index contributed by atoms with van der Waals surface area (Å²) in [5.41, 5.74) is 11.9. The molecule has 0 aliphatic carbocycles. The lowest BCUT2D eigenvalue weighted by molar-refractivity contribution is 0.768. The SMILES string of the molecule is Cc1nc(-c2ccnc(Nc3cnn(C)c3)n2)ccc1CN=C(N)c1cncs1. The number of pyridine rings is 1. The Kier molecular flexibility index (Phi) is 5.25. The van der Waals surface area contributed by atoms with Gasteiger partial charge in [-0.2, -0.15) is 5.10 Å². The summed E-state index contributed by atoms with van der Waals surface area (Å²) >= 11 is 1.47. The van der Waals surface area contributed by atoms with Crippen molar-refractivity contribution in [2.45, 2.75) is 13.5 Å². The molecule has 146 valence electrons. The van der Waals surface area contributed by atoms with Crippen LogP contribution in [-0.2, 0) is 13.6 Å². The van der Waals surface area contributed by atoms with Crippen LogP contribution in [0.5, 0.6) is 0 Å². The van der Waals surface area contributed by atoms with Gasteiger partial charge in [-0.3, -0.25) is 19.6 Å². The number of anilines is 2. The minimum absolute atomic E-state index is 0.459. The predicted octanol–water partition coefficient (Wildman–Crippen LogP) is 2.69. The molecule has 0 radical (unpaired) electrons. The number of amidine groups is 1. The molecule has 0 aromatic carbocycles. The van der Waals surface area contributed by atoms with Crippen molar-refractivity contribution in [1.82, 2.24) is 29.7 Å². The minimum atomic E-state index is 0.459. The number of aromatic nitrogens is 6. The van der Waals surface area contributed by atoms with E-state index in [0.29, 0.717) is 18.3 Å². The molecule has 3 N–H and O–H groups in total. The van der Waals surface area contributed by atoms with E-state index >= 15 is 0 Å². The molecule has 0 unspecified atom stereocenters. The van der Waals surface area contributed by atoms with Crippen LogP contribution in [0, 0.1) is 6.92 Å². The van der Waals surface area contributed by atoms with Crippen molar-refractivity contribution in [2.24, 2.45) is 17.8 Å². The summed E-state index contributed by atoms with van der Waals surface area (Å²) in [6.45, 7) is 2.41. The number of hydrogen-bond acceptors (Lipinski definition) is 8. The molecule has 0 aliphatic heterocycles. The number of rotatable bonds is 6. The maximum Gasteiger partial charge on any atom is 0.227 e. The second-order valence-corrected chi connectivity index (χ2v) is 7.19. The quantitative estimate of drug-likeness (QED) is 0.374. The Morgan fingerprint density at radius 3 is 2.79 bits per heavy atom. The second kappa shape index (κ2) is 8.15. The first-order valence-electron chi connectivity index (χ1n) is 8.83. The standard InChI is InChI=1S/C19H19N9S/c1-12-13(7-23-18(20)17-9-21-11-29-17)3-4-15(25-12)16-5-6-22-19(27-16)26-14-8-24-28(2)10-14/h3-6,8-11H,7H2,1-2H3,(H2,20,23)(H,22,26,27). The molecule has 0 bridgehead atoms. The smallest absolute Gasteiger partial charge is 0.227 e.